The van der Waals surface area contributed by atoms with Crippen molar-refractivity contribution in [2.75, 3.05) is 13.1 Å². The Morgan fingerprint density at radius 3 is 2.21 bits per heavy atom. The highest BCUT2D eigenvalue weighted by atomic mass is 19.4. The van der Waals surface area contributed by atoms with Crippen LogP contribution < -0.4 is 5.32 Å². The molecule has 0 spiro atoms. The van der Waals surface area contributed by atoms with Crippen LogP contribution in [0.25, 0.3) is 0 Å². The third-order valence-electron chi connectivity index (χ3n) is 4.28. The van der Waals surface area contributed by atoms with Crippen LogP contribution in [0.4, 0.5) is 18.0 Å². The van der Waals surface area contributed by atoms with Gasteiger partial charge in [0, 0.05) is 18.7 Å². The molecule has 1 aromatic carbocycles. The van der Waals surface area contributed by atoms with Crippen LogP contribution in [-0.4, -0.2) is 64.1 Å². The van der Waals surface area contributed by atoms with E-state index in [1.54, 1.807) is 20.8 Å². The zero-order chi connectivity index (χ0) is 22.0. The number of aliphatic hydroxyl groups is 2. The van der Waals surface area contributed by atoms with E-state index in [4.69, 9.17) is 4.74 Å². The van der Waals surface area contributed by atoms with Crippen molar-refractivity contribution in [2.45, 2.75) is 57.2 Å². The summed E-state index contributed by atoms with van der Waals surface area (Å²) in [6.45, 7) is 4.68. The lowest BCUT2D eigenvalue weighted by Crippen LogP contribution is -2.48. The standard InChI is InChI=1S/C19H25F3N2O5/c1-18(2,3)29-17(28)23-14-8-13(25)9-24(10-15(14)26)16(27)11-4-6-12(7-5-11)19(20,21)22/h4-7,13-15,25-26H,8-10H2,1-3H3,(H,23,28)/t13-,14-,15-/m1/s1. The molecule has 7 nitrogen and oxygen atoms in total. The van der Waals surface area contributed by atoms with Crippen molar-refractivity contribution in [3.8, 4) is 0 Å². The largest absolute Gasteiger partial charge is 0.444 e. The lowest BCUT2D eigenvalue weighted by Gasteiger charge is -2.27. The summed E-state index contributed by atoms with van der Waals surface area (Å²) in [6, 6.07) is 2.83. The van der Waals surface area contributed by atoms with Gasteiger partial charge < -0.3 is 25.2 Å². The van der Waals surface area contributed by atoms with Crippen molar-refractivity contribution in [3.05, 3.63) is 35.4 Å². The fourth-order valence-electron chi connectivity index (χ4n) is 2.97. The first-order valence-electron chi connectivity index (χ1n) is 9.08. The number of rotatable bonds is 2. The van der Waals surface area contributed by atoms with E-state index in [2.05, 4.69) is 5.32 Å². The number of hydrogen-bond donors (Lipinski definition) is 3. The summed E-state index contributed by atoms with van der Waals surface area (Å²) in [4.78, 5) is 25.7. The number of hydrogen-bond acceptors (Lipinski definition) is 5. The topological polar surface area (TPSA) is 99.1 Å². The molecule has 3 N–H and O–H groups in total. The molecule has 2 amide bonds. The maximum Gasteiger partial charge on any atom is 0.416 e. The highest BCUT2D eigenvalue weighted by Gasteiger charge is 2.35. The van der Waals surface area contributed by atoms with Crippen molar-refractivity contribution in [1.82, 2.24) is 10.2 Å². The maximum atomic E-state index is 12.7. The minimum atomic E-state index is -4.52. The van der Waals surface area contributed by atoms with Gasteiger partial charge in [-0.05, 0) is 51.5 Å². The second-order valence-corrected chi connectivity index (χ2v) is 7.99. The molecule has 0 aromatic heterocycles. The number of likely N-dealkylation sites (tertiary alicyclic amines) is 1. The molecule has 1 aromatic rings. The molecule has 0 bridgehead atoms. The highest BCUT2D eigenvalue weighted by Crippen LogP contribution is 2.29. The third kappa shape index (κ3) is 6.60. The number of alkyl halides is 3. The Morgan fingerprint density at radius 1 is 1.10 bits per heavy atom. The minimum absolute atomic E-state index is 0.00375. The number of alkyl carbamates (subject to hydrolysis) is 1. The van der Waals surface area contributed by atoms with E-state index in [1.165, 1.54) is 0 Å². The third-order valence-corrected chi connectivity index (χ3v) is 4.28. The summed E-state index contributed by atoms with van der Waals surface area (Å²) in [7, 11) is 0. The van der Waals surface area contributed by atoms with Crippen molar-refractivity contribution in [3.63, 3.8) is 0 Å². The average Bonchev–Trinajstić information content (AvgIpc) is 2.70. The van der Waals surface area contributed by atoms with Gasteiger partial charge in [-0.3, -0.25) is 4.79 Å². The van der Waals surface area contributed by atoms with Crippen LogP contribution in [0.15, 0.2) is 24.3 Å². The molecule has 10 heteroatoms. The minimum Gasteiger partial charge on any atom is -0.444 e. The SMILES string of the molecule is CC(C)(C)OC(=O)N[C@@H]1C[C@@H](O)CN(C(=O)c2ccc(C(F)(F)F)cc2)C[C@H]1O. The number of amides is 2. The number of carbonyl (C=O) groups is 2. The normalized spacial score (nSPS) is 23.3. The molecule has 0 radical (unpaired) electrons. The van der Waals surface area contributed by atoms with Crippen molar-refractivity contribution >= 4 is 12.0 Å². The summed E-state index contributed by atoms with van der Waals surface area (Å²) < 4.78 is 43.2. The van der Waals surface area contributed by atoms with Gasteiger partial charge in [-0.1, -0.05) is 0 Å². The summed E-state index contributed by atoms with van der Waals surface area (Å²) in [5, 5.41) is 23.1. The van der Waals surface area contributed by atoms with Crippen LogP contribution in [0.1, 0.15) is 43.1 Å². The van der Waals surface area contributed by atoms with E-state index < -0.39 is 47.6 Å². The molecule has 162 valence electrons. The van der Waals surface area contributed by atoms with Crippen LogP contribution in [0.3, 0.4) is 0 Å². The first kappa shape index (κ1) is 23.0. The first-order valence-corrected chi connectivity index (χ1v) is 9.08. The maximum absolute atomic E-state index is 12.7. The number of carbonyl (C=O) groups excluding carboxylic acids is 2. The Hall–Kier alpha value is -2.33. The number of halogens is 3. The van der Waals surface area contributed by atoms with Crippen molar-refractivity contribution < 1.29 is 37.7 Å². The number of benzene rings is 1. The van der Waals surface area contributed by atoms with E-state index in [0.29, 0.717) is 0 Å². The van der Waals surface area contributed by atoms with Crippen molar-refractivity contribution in [1.29, 1.82) is 0 Å². The first-order chi connectivity index (χ1) is 13.3. The molecule has 2 rings (SSSR count). The summed E-state index contributed by atoms with van der Waals surface area (Å²) in [5.41, 5.74) is -1.63. The molecule has 0 saturated carbocycles. The zero-order valence-corrected chi connectivity index (χ0v) is 16.4. The molecule has 1 aliphatic rings. The van der Waals surface area contributed by atoms with Crippen LogP contribution in [0.5, 0.6) is 0 Å². The summed E-state index contributed by atoms with van der Waals surface area (Å²) in [6.07, 6.45) is -7.55. The Morgan fingerprint density at radius 2 is 1.69 bits per heavy atom. The molecule has 1 fully saturated rings. The van der Waals surface area contributed by atoms with Gasteiger partial charge in [0.1, 0.15) is 5.60 Å². The lowest BCUT2D eigenvalue weighted by molar-refractivity contribution is -0.137. The van der Waals surface area contributed by atoms with Gasteiger partial charge in [0.2, 0.25) is 0 Å². The van der Waals surface area contributed by atoms with Gasteiger partial charge in [0.25, 0.3) is 5.91 Å². The van der Waals surface area contributed by atoms with E-state index >= 15 is 0 Å². The second-order valence-electron chi connectivity index (χ2n) is 7.99. The van der Waals surface area contributed by atoms with E-state index in [-0.39, 0.29) is 25.1 Å². The van der Waals surface area contributed by atoms with Crippen LogP contribution >= 0.6 is 0 Å². The molecule has 0 aliphatic carbocycles. The zero-order valence-electron chi connectivity index (χ0n) is 16.4. The van der Waals surface area contributed by atoms with Gasteiger partial charge in [0.15, 0.2) is 0 Å². The number of nitrogens with zero attached hydrogens (tertiary/aromatic N) is 1. The fraction of sp³-hybridized carbons (Fsp3) is 0.579. The number of β-amino-alcohol motifs (C(OH)–C–C–N with tert-alkyl or cyclic N) is 2. The molecular weight excluding hydrogens is 393 g/mol. The molecule has 0 unspecified atom stereocenters. The lowest BCUT2D eigenvalue weighted by atomic mass is 10.1. The Kier molecular flexibility index (Phi) is 6.79. The Bertz CT molecular complexity index is 731. The quantitative estimate of drug-likeness (QED) is 0.684. The molecule has 29 heavy (non-hydrogen) atoms. The molecule has 3 atom stereocenters. The van der Waals surface area contributed by atoms with Gasteiger partial charge in [-0.2, -0.15) is 13.2 Å². The van der Waals surface area contributed by atoms with Gasteiger partial charge >= 0.3 is 12.3 Å². The predicted octanol–water partition coefficient (Wildman–Crippen LogP) is 2.17. The monoisotopic (exact) mass is 418 g/mol. The van der Waals surface area contributed by atoms with E-state index in [0.717, 1.165) is 29.2 Å². The van der Waals surface area contributed by atoms with Gasteiger partial charge in [0.05, 0.1) is 23.8 Å². The van der Waals surface area contributed by atoms with Crippen molar-refractivity contribution in [2.24, 2.45) is 0 Å². The van der Waals surface area contributed by atoms with Gasteiger partial charge in [-0.25, -0.2) is 4.79 Å². The fourth-order valence-corrected chi connectivity index (χ4v) is 2.97. The molecule has 1 saturated heterocycles. The summed E-state index contributed by atoms with van der Waals surface area (Å²) in [5.74, 6) is -0.630. The van der Waals surface area contributed by atoms with E-state index in [1.807, 2.05) is 0 Å². The molecule has 1 aliphatic heterocycles. The summed E-state index contributed by atoms with van der Waals surface area (Å²) >= 11 is 0. The Balaban J connectivity index is 2.08. The highest BCUT2D eigenvalue weighted by molar-refractivity contribution is 5.94. The Labute approximate surface area is 166 Å². The number of ether oxygens (including phenoxy) is 1. The van der Waals surface area contributed by atoms with Crippen LogP contribution in [0, 0.1) is 0 Å². The van der Waals surface area contributed by atoms with Gasteiger partial charge in [-0.15, -0.1) is 0 Å². The van der Waals surface area contributed by atoms with E-state index in [9.17, 15) is 33.0 Å². The molecule has 1 heterocycles. The smallest absolute Gasteiger partial charge is 0.416 e. The van der Waals surface area contributed by atoms with Crippen LogP contribution in [0.2, 0.25) is 0 Å². The second kappa shape index (κ2) is 8.58. The predicted molar refractivity (Wildman–Crippen MR) is 97.1 cm³/mol. The number of nitrogens with one attached hydrogen (secondary N) is 1. The molecular formula is C19H25F3N2O5. The average molecular weight is 418 g/mol. The van der Waals surface area contributed by atoms with Crippen LogP contribution in [-0.2, 0) is 10.9 Å². The number of aliphatic hydroxyl groups excluding tert-OH is 2.